The maximum absolute atomic E-state index is 13.7. The van der Waals surface area contributed by atoms with Gasteiger partial charge in [0.15, 0.2) is 5.13 Å². The molecule has 2 N–H and O–H groups in total. The Kier molecular flexibility index (Phi) is 9.51. The number of aromatic nitrogens is 1. The number of alkyl halides is 3. The number of halogens is 3. The van der Waals surface area contributed by atoms with Gasteiger partial charge in [0, 0.05) is 45.5 Å². The molecule has 1 aromatic heterocycles. The summed E-state index contributed by atoms with van der Waals surface area (Å²) in [6.45, 7) is 4.28. The highest BCUT2D eigenvalue weighted by Crippen LogP contribution is 2.31. The van der Waals surface area contributed by atoms with Crippen molar-refractivity contribution < 1.29 is 41.0 Å². The molecule has 43 heavy (non-hydrogen) atoms. The van der Waals surface area contributed by atoms with Gasteiger partial charge in [0.1, 0.15) is 16.7 Å². The number of nitrogens with one attached hydrogen (secondary N) is 1. The minimum Gasteiger partial charge on any atom is -0.477 e. The number of ether oxygens (including phenoxy) is 1. The normalized spacial score (nSPS) is 16.1. The second-order valence-corrected chi connectivity index (χ2v) is 12.6. The Labute approximate surface area is 250 Å². The van der Waals surface area contributed by atoms with E-state index in [1.807, 2.05) is 43.1 Å². The fraction of sp³-hybridized carbons (Fsp3) is 0.370. The zero-order valence-electron chi connectivity index (χ0n) is 23.5. The lowest BCUT2D eigenvalue weighted by Gasteiger charge is -2.39. The van der Waals surface area contributed by atoms with Gasteiger partial charge in [-0.25, -0.2) is 18.2 Å². The number of benzene rings is 2. The lowest BCUT2D eigenvalue weighted by molar-refractivity contribution is -0.274. The number of anilines is 2. The third-order valence-corrected chi connectivity index (χ3v) is 9.99. The van der Waals surface area contributed by atoms with Crippen molar-refractivity contribution in [2.75, 3.05) is 43.0 Å². The first-order valence-electron chi connectivity index (χ1n) is 13.1. The summed E-state index contributed by atoms with van der Waals surface area (Å²) >= 11 is 0.920. The van der Waals surface area contributed by atoms with Crippen molar-refractivity contribution >= 4 is 44.1 Å². The third kappa shape index (κ3) is 7.55. The molecule has 1 unspecified atom stereocenters. The summed E-state index contributed by atoms with van der Waals surface area (Å²) in [6, 6.07) is 9.98. The van der Waals surface area contributed by atoms with Gasteiger partial charge >= 0.3 is 12.3 Å². The molecule has 0 radical (unpaired) electrons. The zero-order chi connectivity index (χ0) is 31.5. The number of piperazine rings is 1. The van der Waals surface area contributed by atoms with Crippen LogP contribution in [0, 0.1) is 6.92 Å². The van der Waals surface area contributed by atoms with E-state index in [4.69, 9.17) is 0 Å². The number of carboxylic acid groups (broad SMARTS) is 1. The number of hydrogen-bond donors (Lipinski definition) is 2. The molecular weight excluding hydrogens is 611 g/mol. The molecule has 11 nitrogen and oxygen atoms in total. The Morgan fingerprint density at radius 3 is 2.35 bits per heavy atom. The second-order valence-electron chi connectivity index (χ2n) is 9.71. The summed E-state index contributed by atoms with van der Waals surface area (Å²) in [5.74, 6) is -2.34. The SMILES string of the molecule is CCN(C)c1ccc(CNC(=O)C2CN(c3nc(C)c(C(=O)O)s3)CCN2S(=O)(=O)c2ccc(OC(F)(F)F)cc2)cc1. The molecule has 16 heteroatoms. The van der Waals surface area contributed by atoms with E-state index in [-0.39, 0.29) is 36.0 Å². The summed E-state index contributed by atoms with van der Waals surface area (Å²) < 4.78 is 69.9. The molecule has 0 bridgehead atoms. The van der Waals surface area contributed by atoms with Crippen molar-refractivity contribution in [2.24, 2.45) is 0 Å². The molecule has 1 aliphatic rings. The minimum absolute atomic E-state index is 0.0318. The van der Waals surface area contributed by atoms with Crippen molar-refractivity contribution in [3.05, 3.63) is 64.7 Å². The Morgan fingerprint density at radius 2 is 1.79 bits per heavy atom. The lowest BCUT2D eigenvalue weighted by atomic mass is 10.1. The molecule has 1 atom stereocenters. The fourth-order valence-corrected chi connectivity index (χ4v) is 6.97. The molecule has 0 saturated carbocycles. The summed E-state index contributed by atoms with van der Waals surface area (Å²) in [5.41, 5.74) is 2.07. The van der Waals surface area contributed by atoms with Crippen LogP contribution in [0.4, 0.5) is 24.0 Å². The van der Waals surface area contributed by atoms with E-state index in [1.165, 1.54) is 0 Å². The first-order valence-corrected chi connectivity index (χ1v) is 15.4. The van der Waals surface area contributed by atoms with E-state index < -0.39 is 40.1 Å². The van der Waals surface area contributed by atoms with Gasteiger partial charge in [0.25, 0.3) is 0 Å². The quantitative estimate of drug-likeness (QED) is 0.340. The molecule has 1 amide bonds. The van der Waals surface area contributed by atoms with E-state index in [9.17, 15) is 36.3 Å². The van der Waals surface area contributed by atoms with Gasteiger partial charge in [-0.05, 0) is 55.8 Å². The van der Waals surface area contributed by atoms with Gasteiger partial charge in [-0.2, -0.15) is 4.31 Å². The van der Waals surface area contributed by atoms with E-state index >= 15 is 0 Å². The van der Waals surface area contributed by atoms with Gasteiger partial charge in [-0.3, -0.25) is 4.79 Å². The van der Waals surface area contributed by atoms with Crippen molar-refractivity contribution in [1.29, 1.82) is 0 Å². The fourth-order valence-electron chi connectivity index (χ4n) is 4.46. The van der Waals surface area contributed by atoms with Crippen LogP contribution in [0.15, 0.2) is 53.4 Å². The molecule has 232 valence electrons. The second kappa shape index (κ2) is 12.8. The van der Waals surface area contributed by atoms with E-state index in [0.29, 0.717) is 10.8 Å². The molecular formula is C27H30F3N5O6S2. The molecule has 3 aromatic rings. The van der Waals surface area contributed by atoms with Gasteiger partial charge in [0.05, 0.1) is 10.6 Å². The van der Waals surface area contributed by atoms with Crippen molar-refractivity contribution in [3.63, 3.8) is 0 Å². The van der Waals surface area contributed by atoms with Crippen LogP contribution < -0.4 is 19.9 Å². The number of rotatable bonds is 10. The van der Waals surface area contributed by atoms with Crippen molar-refractivity contribution in [2.45, 2.75) is 37.7 Å². The topological polar surface area (TPSA) is 132 Å². The van der Waals surface area contributed by atoms with Crippen LogP contribution in [0.5, 0.6) is 5.75 Å². The average molecular weight is 642 g/mol. The van der Waals surface area contributed by atoms with Gasteiger partial charge in [-0.1, -0.05) is 23.5 Å². The number of carboxylic acids is 1. The van der Waals surface area contributed by atoms with Crippen LogP contribution in [0.3, 0.4) is 0 Å². The largest absolute Gasteiger partial charge is 0.573 e. The van der Waals surface area contributed by atoms with Crippen LogP contribution in [-0.4, -0.2) is 80.3 Å². The number of carbonyl (C=O) groups excluding carboxylic acids is 1. The van der Waals surface area contributed by atoms with Crippen LogP contribution in [-0.2, 0) is 21.4 Å². The number of aryl methyl sites for hydroxylation is 1. The van der Waals surface area contributed by atoms with Crippen molar-refractivity contribution in [1.82, 2.24) is 14.6 Å². The average Bonchev–Trinajstić information content (AvgIpc) is 3.36. The number of thiazole rings is 1. The first-order chi connectivity index (χ1) is 20.2. The van der Waals surface area contributed by atoms with Crippen LogP contribution in [0.2, 0.25) is 0 Å². The van der Waals surface area contributed by atoms with E-state index in [2.05, 4.69) is 15.0 Å². The highest BCUT2D eigenvalue weighted by atomic mass is 32.2. The van der Waals surface area contributed by atoms with Crippen LogP contribution in [0.1, 0.15) is 27.9 Å². The number of amides is 1. The summed E-state index contributed by atoms with van der Waals surface area (Å²) in [6.07, 6.45) is -4.94. The van der Waals surface area contributed by atoms with E-state index in [1.54, 1.807) is 11.8 Å². The smallest absolute Gasteiger partial charge is 0.477 e. The molecule has 2 heterocycles. The highest BCUT2D eigenvalue weighted by Gasteiger charge is 2.41. The predicted molar refractivity (Wildman–Crippen MR) is 154 cm³/mol. The summed E-state index contributed by atoms with van der Waals surface area (Å²) in [5, 5.41) is 12.6. The Bertz CT molecular complexity index is 1560. The summed E-state index contributed by atoms with van der Waals surface area (Å²) in [4.78, 5) is 32.8. The van der Waals surface area contributed by atoms with Crippen LogP contribution in [0.25, 0.3) is 0 Å². The molecule has 0 spiro atoms. The molecule has 0 aliphatic carbocycles. The van der Waals surface area contributed by atoms with Gasteiger partial charge in [-0.15, -0.1) is 13.2 Å². The van der Waals surface area contributed by atoms with E-state index in [0.717, 1.165) is 57.7 Å². The lowest BCUT2D eigenvalue weighted by Crippen LogP contribution is -2.60. The number of nitrogens with zero attached hydrogens (tertiary/aromatic N) is 4. The number of sulfonamides is 1. The predicted octanol–water partition coefficient (Wildman–Crippen LogP) is 3.70. The standard InChI is InChI=1S/C27H30F3N5O6S2/c1-4-33(3)19-7-5-18(6-8-19)15-31-24(36)22-16-34(26-32-17(2)23(42-26)25(37)38)13-14-35(22)43(39,40)21-11-9-20(10-12-21)41-27(28,29)30/h5-12,22H,4,13-16H2,1-3H3,(H,31,36)(H,37,38). The Hall–Kier alpha value is -3.89. The van der Waals surface area contributed by atoms with Gasteiger partial charge in [0.2, 0.25) is 15.9 Å². The van der Waals surface area contributed by atoms with Crippen LogP contribution >= 0.6 is 11.3 Å². The minimum atomic E-state index is -4.94. The monoisotopic (exact) mass is 641 g/mol. The summed E-state index contributed by atoms with van der Waals surface area (Å²) in [7, 11) is -2.40. The number of hydrogen-bond acceptors (Lipinski definition) is 9. The zero-order valence-corrected chi connectivity index (χ0v) is 25.1. The maximum Gasteiger partial charge on any atom is 0.573 e. The Balaban J connectivity index is 1.59. The maximum atomic E-state index is 13.7. The molecule has 4 rings (SSSR count). The molecule has 1 fully saturated rings. The number of aromatic carboxylic acids is 1. The number of carbonyl (C=O) groups is 2. The van der Waals surface area contributed by atoms with Gasteiger partial charge < -0.3 is 25.0 Å². The Morgan fingerprint density at radius 1 is 1.14 bits per heavy atom. The third-order valence-electron chi connectivity index (χ3n) is 6.87. The molecule has 1 saturated heterocycles. The first kappa shape index (κ1) is 32.0. The molecule has 1 aliphatic heterocycles. The highest BCUT2D eigenvalue weighted by molar-refractivity contribution is 7.89. The molecule has 2 aromatic carbocycles. The van der Waals surface area contributed by atoms with Crippen molar-refractivity contribution in [3.8, 4) is 5.75 Å².